The van der Waals surface area contributed by atoms with Gasteiger partial charge in [-0.25, -0.2) is 9.50 Å². The molecule has 1 aliphatic carbocycles. The molecule has 0 unspecified atom stereocenters. The molecule has 1 aliphatic rings. The predicted octanol–water partition coefficient (Wildman–Crippen LogP) is 5.25. The van der Waals surface area contributed by atoms with Crippen molar-refractivity contribution in [2.24, 2.45) is 5.92 Å². The maximum Gasteiger partial charge on any atom is 0.138 e. The molecule has 1 fully saturated rings. The first-order chi connectivity index (χ1) is 12.7. The average molecular weight is 342 g/mol. The van der Waals surface area contributed by atoms with E-state index in [1.165, 1.54) is 41.5 Å². The summed E-state index contributed by atoms with van der Waals surface area (Å²) in [5.74, 6) is 0.833. The number of H-pyrrole nitrogens is 1. The van der Waals surface area contributed by atoms with Crippen molar-refractivity contribution in [3.05, 3.63) is 60.7 Å². The number of aromatic amines is 1. The smallest absolute Gasteiger partial charge is 0.138 e. The van der Waals surface area contributed by atoms with Crippen LogP contribution in [0.25, 0.3) is 33.3 Å². The Balaban J connectivity index is 1.56. The number of aromatic nitrogens is 4. The van der Waals surface area contributed by atoms with Gasteiger partial charge in [0.2, 0.25) is 0 Å². The highest BCUT2D eigenvalue weighted by atomic mass is 15.2. The van der Waals surface area contributed by atoms with Crippen molar-refractivity contribution in [2.75, 3.05) is 0 Å². The van der Waals surface area contributed by atoms with Gasteiger partial charge in [-0.15, -0.1) is 0 Å². The summed E-state index contributed by atoms with van der Waals surface area (Å²) >= 11 is 0. The monoisotopic (exact) mass is 342 g/mol. The van der Waals surface area contributed by atoms with Crippen LogP contribution in [0.3, 0.4) is 0 Å². The molecular formula is C22H22N4. The van der Waals surface area contributed by atoms with Crippen LogP contribution in [0.2, 0.25) is 0 Å². The van der Waals surface area contributed by atoms with E-state index in [2.05, 4.69) is 47.1 Å². The zero-order valence-corrected chi connectivity index (χ0v) is 15.0. The Hall–Kier alpha value is -2.88. The first-order valence-corrected chi connectivity index (χ1v) is 9.30. The van der Waals surface area contributed by atoms with Crippen LogP contribution in [-0.4, -0.2) is 19.6 Å². The number of hydrogen-bond donors (Lipinski definition) is 1. The fourth-order valence-corrected chi connectivity index (χ4v) is 3.87. The lowest BCUT2D eigenvalue weighted by Crippen LogP contribution is -2.14. The molecule has 0 spiro atoms. The van der Waals surface area contributed by atoms with E-state index in [0.29, 0.717) is 0 Å². The summed E-state index contributed by atoms with van der Waals surface area (Å²) in [6.45, 7) is 6.08. The zero-order valence-electron chi connectivity index (χ0n) is 15.0. The maximum absolute atomic E-state index is 4.85. The minimum absolute atomic E-state index is 0.833. The Morgan fingerprint density at radius 2 is 2.19 bits per heavy atom. The lowest BCUT2D eigenvalue weighted by atomic mass is 9.82. The Labute approximate surface area is 152 Å². The highest BCUT2D eigenvalue weighted by Gasteiger charge is 2.19. The van der Waals surface area contributed by atoms with Crippen molar-refractivity contribution < 1.29 is 0 Å². The lowest BCUT2D eigenvalue weighted by molar-refractivity contribution is 0.312. The largest absolute Gasteiger partial charge is 0.346 e. The third-order valence-corrected chi connectivity index (χ3v) is 5.61. The van der Waals surface area contributed by atoms with E-state index >= 15 is 0 Å². The van der Waals surface area contributed by atoms with Gasteiger partial charge in [0.05, 0.1) is 11.7 Å². The van der Waals surface area contributed by atoms with Gasteiger partial charge in [-0.05, 0) is 54.7 Å². The van der Waals surface area contributed by atoms with Gasteiger partial charge in [0.25, 0.3) is 0 Å². The molecule has 0 aliphatic heterocycles. The van der Waals surface area contributed by atoms with Crippen molar-refractivity contribution in [2.45, 2.75) is 32.6 Å². The Kier molecular flexibility index (Phi) is 3.45. The summed E-state index contributed by atoms with van der Waals surface area (Å²) in [5, 5.41) is 5.58. The van der Waals surface area contributed by atoms with Gasteiger partial charge in [-0.1, -0.05) is 25.8 Å². The summed E-state index contributed by atoms with van der Waals surface area (Å²) < 4.78 is 1.90. The van der Waals surface area contributed by atoms with Gasteiger partial charge in [0, 0.05) is 34.6 Å². The minimum Gasteiger partial charge on any atom is -0.346 e. The number of nitrogens with zero attached hydrogens (tertiary/aromatic N) is 3. The van der Waals surface area contributed by atoms with E-state index in [4.69, 9.17) is 4.98 Å². The summed E-state index contributed by atoms with van der Waals surface area (Å²) in [5.41, 5.74) is 7.72. The molecule has 26 heavy (non-hydrogen) atoms. The van der Waals surface area contributed by atoms with Gasteiger partial charge >= 0.3 is 0 Å². The van der Waals surface area contributed by atoms with Crippen LogP contribution < -0.4 is 0 Å². The first-order valence-electron chi connectivity index (χ1n) is 9.30. The number of fused-ring (bicyclic) bond motifs is 2. The van der Waals surface area contributed by atoms with Crippen LogP contribution in [-0.2, 0) is 6.42 Å². The van der Waals surface area contributed by atoms with Crippen LogP contribution in [0.15, 0.2) is 49.4 Å². The lowest BCUT2D eigenvalue weighted by Gasteiger charge is -2.24. The molecule has 4 nitrogen and oxygen atoms in total. The van der Waals surface area contributed by atoms with E-state index in [1.54, 1.807) is 0 Å². The SMILES string of the molecule is C=C(C)c1cnn2ccc(-c3c[nH]c4nc(CC5CCC5)ccc34)cc12. The third kappa shape index (κ3) is 2.45. The fraction of sp³-hybridized carbons (Fsp3) is 0.273. The van der Waals surface area contributed by atoms with Crippen molar-refractivity contribution >= 4 is 22.1 Å². The summed E-state index contributed by atoms with van der Waals surface area (Å²) in [7, 11) is 0. The quantitative estimate of drug-likeness (QED) is 0.550. The van der Waals surface area contributed by atoms with E-state index in [-0.39, 0.29) is 0 Å². The molecule has 0 aromatic carbocycles. The molecule has 4 heterocycles. The van der Waals surface area contributed by atoms with Crippen molar-refractivity contribution in [3.63, 3.8) is 0 Å². The van der Waals surface area contributed by atoms with Crippen molar-refractivity contribution in [1.82, 2.24) is 19.6 Å². The van der Waals surface area contributed by atoms with Crippen LogP contribution in [0, 0.1) is 5.92 Å². The van der Waals surface area contributed by atoms with Crippen LogP contribution in [0.4, 0.5) is 0 Å². The highest BCUT2D eigenvalue weighted by Crippen LogP contribution is 2.32. The van der Waals surface area contributed by atoms with E-state index < -0.39 is 0 Å². The predicted molar refractivity (Wildman–Crippen MR) is 106 cm³/mol. The average Bonchev–Trinajstić information content (AvgIpc) is 3.21. The van der Waals surface area contributed by atoms with Gasteiger partial charge in [0.1, 0.15) is 5.65 Å². The van der Waals surface area contributed by atoms with Gasteiger partial charge in [0.15, 0.2) is 0 Å². The number of pyridine rings is 2. The standard InChI is InChI=1S/C22H22N4/c1-14(2)19-13-24-26-9-8-16(11-21(19)26)20-12-23-22-18(20)7-6-17(25-22)10-15-4-3-5-15/h6-9,11-13,15H,1,3-5,10H2,2H3,(H,23,25). The zero-order chi connectivity index (χ0) is 17.7. The van der Waals surface area contributed by atoms with Crippen molar-refractivity contribution in [3.8, 4) is 11.1 Å². The molecule has 4 aromatic heterocycles. The van der Waals surface area contributed by atoms with Crippen LogP contribution >= 0.6 is 0 Å². The topological polar surface area (TPSA) is 46.0 Å². The molecule has 1 N–H and O–H groups in total. The maximum atomic E-state index is 4.85. The molecule has 0 atom stereocenters. The third-order valence-electron chi connectivity index (χ3n) is 5.61. The first kappa shape index (κ1) is 15.4. The summed E-state index contributed by atoms with van der Waals surface area (Å²) in [6.07, 6.45) is 11.1. The second kappa shape index (κ2) is 5.84. The fourth-order valence-electron chi connectivity index (χ4n) is 3.87. The molecule has 1 saturated carbocycles. The number of nitrogens with one attached hydrogen (secondary N) is 1. The molecule has 4 aromatic rings. The Bertz CT molecular complexity index is 1130. The number of allylic oxidation sites excluding steroid dienone is 1. The van der Waals surface area contributed by atoms with E-state index in [0.717, 1.165) is 34.6 Å². The number of hydrogen-bond acceptors (Lipinski definition) is 2. The molecule has 5 rings (SSSR count). The van der Waals surface area contributed by atoms with Gasteiger partial charge in [-0.3, -0.25) is 0 Å². The second-order valence-electron chi connectivity index (χ2n) is 7.49. The minimum atomic E-state index is 0.833. The molecule has 0 amide bonds. The molecule has 0 saturated heterocycles. The van der Waals surface area contributed by atoms with Crippen molar-refractivity contribution in [1.29, 1.82) is 0 Å². The van der Waals surface area contributed by atoms with Gasteiger partial charge in [-0.2, -0.15) is 5.10 Å². The Morgan fingerprint density at radius 3 is 2.96 bits per heavy atom. The van der Waals surface area contributed by atoms with E-state index in [9.17, 15) is 0 Å². The molecular weight excluding hydrogens is 320 g/mol. The molecule has 0 radical (unpaired) electrons. The number of rotatable bonds is 4. The normalized spacial score (nSPS) is 14.8. The highest BCUT2D eigenvalue weighted by molar-refractivity contribution is 5.94. The van der Waals surface area contributed by atoms with Crippen LogP contribution in [0.5, 0.6) is 0 Å². The summed E-state index contributed by atoms with van der Waals surface area (Å²) in [4.78, 5) is 8.22. The van der Waals surface area contributed by atoms with E-state index in [1.807, 2.05) is 23.8 Å². The molecule has 4 heteroatoms. The summed E-state index contributed by atoms with van der Waals surface area (Å²) in [6, 6.07) is 8.69. The van der Waals surface area contributed by atoms with Crippen LogP contribution in [0.1, 0.15) is 37.4 Å². The van der Waals surface area contributed by atoms with Gasteiger partial charge < -0.3 is 4.98 Å². The second-order valence-corrected chi connectivity index (χ2v) is 7.49. The Morgan fingerprint density at radius 1 is 1.31 bits per heavy atom. The molecule has 130 valence electrons. The molecule has 0 bridgehead atoms.